The van der Waals surface area contributed by atoms with Gasteiger partial charge < -0.3 is 20.9 Å². The molecule has 2 atom stereocenters. The molecule has 0 aliphatic heterocycles. The Balaban J connectivity index is 0.00000484. The number of halogens is 3. The van der Waals surface area contributed by atoms with Crippen molar-refractivity contribution < 1.29 is 14.6 Å². The third-order valence-corrected chi connectivity index (χ3v) is 3.88. The molecular formula is C15H23Cl3N2O3. The molecule has 1 amide bonds. The van der Waals surface area contributed by atoms with Crippen LogP contribution in [-0.4, -0.2) is 36.3 Å². The van der Waals surface area contributed by atoms with Crippen LogP contribution in [0.5, 0.6) is 5.75 Å². The van der Waals surface area contributed by atoms with Gasteiger partial charge in [-0.25, -0.2) is 0 Å². The number of hydrogen-bond donors (Lipinski definition) is 3. The van der Waals surface area contributed by atoms with E-state index in [0.717, 1.165) is 0 Å². The number of benzene rings is 1. The summed E-state index contributed by atoms with van der Waals surface area (Å²) < 4.78 is 5.39. The first-order valence-electron chi connectivity index (χ1n) is 6.91. The van der Waals surface area contributed by atoms with Crippen molar-refractivity contribution in [1.82, 2.24) is 5.32 Å². The molecule has 0 heterocycles. The summed E-state index contributed by atoms with van der Waals surface area (Å²) in [5.41, 5.74) is 5.48. The third kappa shape index (κ3) is 7.14. The fourth-order valence-corrected chi connectivity index (χ4v) is 1.91. The Bertz CT molecular complexity index is 521. The highest BCUT2D eigenvalue weighted by molar-refractivity contribution is 6.42. The van der Waals surface area contributed by atoms with Crippen LogP contribution in [0.2, 0.25) is 10.0 Å². The van der Waals surface area contributed by atoms with Gasteiger partial charge in [-0.05, 0) is 17.5 Å². The van der Waals surface area contributed by atoms with Gasteiger partial charge in [-0.2, -0.15) is 0 Å². The molecule has 1 aromatic carbocycles. The summed E-state index contributed by atoms with van der Waals surface area (Å²) in [6.07, 6.45) is -0.883. The Labute approximate surface area is 152 Å². The summed E-state index contributed by atoms with van der Waals surface area (Å²) in [7, 11) is 0. The molecule has 0 aromatic heterocycles. The first-order chi connectivity index (χ1) is 10.1. The van der Waals surface area contributed by atoms with Crippen molar-refractivity contribution in [3.63, 3.8) is 0 Å². The second kappa shape index (κ2) is 9.55. The van der Waals surface area contributed by atoms with Crippen molar-refractivity contribution in [2.75, 3.05) is 13.2 Å². The molecule has 0 radical (unpaired) electrons. The zero-order valence-electron chi connectivity index (χ0n) is 13.3. The minimum absolute atomic E-state index is 0. The monoisotopic (exact) mass is 384 g/mol. The summed E-state index contributed by atoms with van der Waals surface area (Å²) >= 11 is 11.8. The summed E-state index contributed by atoms with van der Waals surface area (Å²) in [5, 5.41) is 13.1. The lowest BCUT2D eigenvalue weighted by Gasteiger charge is -2.26. The van der Waals surface area contributed by atoms with Crippen LogP contribution in [-0.2, 0) is 4.79 Å². The lowest BCUT2D eigenvalue weighted by atomic mass is 9.87. The number of ether oxygens (including phenoxy) is 1. The standard InChI is InChI=1S/C15H22Cl2N2O3.ClH/c1-15(2,3)13(18)14(21)19-7-9(20)8-22-11-6-4-5-10(16)12(11)17;/h4-6,9,13,20H,7-8,18H2,1-3H3,(H,19,21);1H/t9?,13-;/m1./s1. The van der Waals surface area contributed by atoms with E-state index in [1.165, 1.54) is 0 Å². The van der Waals surface area contributed by atoms with E-state index in [-0.39, 0.29) is 41.9 Å². The van der Waals surface area contributed by atoms with Crippen LogP contribution >= 0.6 is 35.6 Å². The molecule has 132 valence electrons. The van der Waals surface area contributed by atoms with Gasteiger partial charge in [0.15, 0.2) is 0 Å². The van der Waals surface area contributed by atoms with Gasteiger partial charge in [-0.1, -0.05) is 50.0 Å². The van der Waals surface area contributed by atoms with Crippen LogP contribution in [0.4, 0.5) is 0 Å². The highest BCUT2D eigenvalue weighted by atomic mass is 35.5. The van der Waals surface area contributed by atoms with E-state index < -0.39 is 12.1 Å². The maximum Gasteiger partial charge on any atom is 0.237 e. The lowest BCUT2D eigenvalue weighted by Crippen LogP contribution is -2.50. The SMILES string of the molecule is CC(C)(C)[C@H](N)C(=O)NCC(O)COc1cccc(Cl)c1Cl.Cl. The minimum Gasteiger partial charge on any atom is -0.489 e. The molecule has 0 saturated heterocycles. The van der Waals surface area contributed by atoms with Gasteiger partial charge in [-0.15, -0.1) is 12.4 Å². The quantitative estimate of drug-likeness (QED) is 0.703. The van der Waals surface area contributed by atoms with Crippen molar-refractivity contribution in [1.29, 1.82) is 0 Å². The molecule has 23 heavy (non-hydrogen) atoms. The number of hydrogen-bond acceptors (Lipinski definition) is 4. The number of nitrogens with one attached hydrogen (secondary N) is 1. The second-order valence-corrected chi connectivity index (χ2v) is 6.89. The van der Waals surface area contributed by atoms with E-state index in [0.29, 0.717) is 10.8 Å². The average molecular weight is 386 g/mol. The van der Waals surface area contributed by atoms with Crippen LogP contribution < -0.4 is 15.8 Å². The molecule has 0 fully saturated rings. The average Bonchev–Trinajstić information content (AvgIpc) is 2.44. The van der Waals surface area contributed by atoms with Crippen molar-refractivity contribution in [3.8, 4) is 5.75 Å². The number of aliphatic hydroxyl groups excluding tert-OH is 1. The maximum atomic E-state index is 11.8. The lowest BCUT2D eigenvalue weighted by molar-refractivity contribution is -0.125. The number of nitrogens with two attached hydrogens (primary N) is 1. The highest BCUT2D eigenvalue weighted by Crippen LogP contribution is 2.31. The van der Waals surface area contributed by atoms with Crippen LogP contribution in [0.15, 0.2) is 18.2 Å². The first kappa shape index (κ1) is 22.3. The van der Waals surface area contributed by atoms with E-state index in [1.807, 2.05) is 20.8 Å². The smallest absolute Gasteiger partial charge is 0.237 e. The Kier molecular flexibility index (Phi) is 9.25. The molecule has 0 aliphatic carbocycles. The van der Waals surface area contributed by atoms with Crippen LogP contribution in [0.25, 0.3) is 0 Å². The zero-order chi connectivity index (χ0) is 16.9. The summed E-state index contributed by atoms with van der Waals surface area (Å²) in [6.45, 7) is 5.64. The Hall–Kier alpha value is -0.720. The van der Waals surface area contributed by atoms with E-state index in [1.54, 1.807) is 18.2 Å². The molecule has 0 aliphatic rings. The number of aliphatic hydroxyl groups is 1. The Morgan fingerprint density at radius 3 is 2.57 bits per heavy atom. The largest absolute Gasteiger partial charge is 0.489 e. The van der Waals surface area contributed by atoms with Gasteiger partial charge in [0, 0.05) is 6.54 Å². The fraction of sp³-hybridized carbons (Fsp3) is 0.533. The predicted molar refractivity (Wildman–Crippen MR) is 95.7 cm³/mol. The summed E-state index contributed by atoms with van der Waals surface area (Å²) in [4.78, 5) is 11.8. The molecule has 1 aromatic rings. The van der Waals surface area contributed by atoms with Crippen LogP contribution in [0, 0.1) is 5.41 Å². The molecule has 5 nitrogen and oxygen atoms in total. The molecule has 1 unspecified atom stereocenters. The summed E-state index contributed by atoms with van der Waals surface area (Å²) in [6, 6.07) is 4.33. The highest BCUT2D eigenvalue weighted by Gasteiger charge is 2.27. The molecule has 0 bridgehead atoms. The molecule has 0 saturated carbocycles. The predicted octanol–water partition coefficient (Wildman–Crippen LogP) is 2.64. The van der Waals surface area contributed by atoms with E-state index in [2.05, 4.69) is 5.32 Å². The third-order valence-electron chi connectivity index (χ3n) is 3.07. The van der Waals surface area contributed by atoms with Crippen molar-refractivity contribution in [2.24, 2.45) is 11.1 Å². The van der Waals surface area contributed by atoms with Gasteiger partial charge in [0.25, 0.3) is 0 Å². The number of carbonyl (C=O) groups excluding carboxylic acids is 1. The molecule has 4 N–H and O–H groups in total. The van der Waals surface area contributed by atoms with E-state index in [4.69, 9.17) is 33.7 Å². The number of amides is 1. The van der Waals surface area contributed by atoms with Crippen molar-refractivity contribution in [2.45, 2.75) is 32.9 Å². The van der Waals surface area contributed by atoms with Gasteiger partial charge in [-0.3, -0.25) is 4.79 Å². The van der Waals surface area contributed by atoms with E-state index in [9.17, 15) is 9.90 Å². The second-order valence-electron chi connectivity index (χ2n) is 6.11. The maximum absolute atomic E-state index is 11.8. The fourth-order valence-electron chi connectivity index (χ4n) is 1.56. The first-order valence-corrected chi connectivity index (χ1v) is 7.66. The molecule has 1 rings (SSSR count). The minimum atomic E-state index is -0.883. The summed E-state index contributed by atoms with van der Waals surface area (Å²) in [5.74, 6) is 0.0678. The molecular weight excluding hydrogens is 363 g/mol. The number of rotatable bonds is 6. The normalized spacial score (nSPS) is 13.7. The van der Waals surface area contributed by atoms with Crippen LogP contribution in [0.3, 0.4) is 0 Å². The van der Waals surface area contributed by atoms with Gasteiger partial charge in [0.1, 0.15) is 23.5 Å². The molecule has 8 heteroatoms. The number of carbonyl (C=O) groups is 1. The Morgan fingerprint density at radius 1 is 1.39 bits per heavy atom. The molecule has 0 spiro atoms. The van der Waals surface area contributed by atoms with Gasteiger partial charge in [0.05, 0.1) is 11.1 Å². The van der Waals surface area contributed by atoms with Crippen molar-refractivity contribution >= 4 is 41.5 Å². The Morgan fingerprint density at radius 2 is 2.00 bits per heavy atom. The van der Waals surface area contributed by atoms with E-state index >= 15 is 0 Å². The van der Waals surface area contributed by atoms with Gasteiger partial charge >= 0.3 is 0 Å². The van der Waals surface area contributed by atoms with Crippen LogP contribution in [0.1, 0.15) is 20.8 Å². The topological polar surface area (TPSA) is 84.6 Å². The van der Waals surface area contributed by atoms with Crippen molar-refractivity contribution in [3.05, 3.63) is 28.2 Å². The van der Waals surface area contributed by atoms with Gasteiger partial charge in [0.2, 0.25) is 5.91 Å². The zero-order valence-corrected chi connectivity index (χ0v) is 15.6.